The van der Waals surface area contributed by atoms with Gasteiger partial charge >= 0.3 is 6.03 Å². The number of carbonyl (C=O) groups is 1. The molecule has 0 bridgehead atoms. The number of benzene rings is 2. The minimum atomic E-state index is -4.01. The van der Waals surface area contributed by atoms with Crippen molar-refractivity contribution in [2.45, 2.75) is 23.8 Å². The summed E-state index contributed by atoms with van der Waals surface area (Å²) in [5, 5.41) is 1.34. The number of rotatable bonds is 4. The Morgan fingerprint density at radius 3 is 2.41 bits per heavy atom. The fraction of sp³-hybridized carbons (Fsp3) is 0.211. The summed E-state index contributed by atoms with van der Waals surface area (Å²) in [5.74, 6) is 0.411. The average Bonchev–Trinajstić information content (AvgIpc) is 3.40. The van der Waals surface area contributed by atoms with Gasteiger partial charge in [-0.05, 0) is 52.5 Å². The van der Waals surface area contributed by atoms with E-state index >= 15 is 0 Å². The molecule has 2 amide bonds. The zero-order valence-electron chi connectivity index (χ0n) is 14.3. The Balaban J connectivity index is 1.59. The first-order valence-electron chi connectivity index (χ1n) is 8.59. The summed E-state index contributed by atoms with van der Waals surface area (Å²) in [6.07, 6.45) is 4.15. The quantitative estimate of drug-likeness (QED) is 0.748. The highest BCUT2D eigenvalue weighted by Crippen LogP contribution is 2.40. The molecule has 8 heteroatoms. The van der Waals surface area contributed by atoms with Gasteiger partial charge in [-0.3, -0.25) is 5.43 Å². The summed E-state index contributed by atoms with van der Waals surface area (Å²) < 4.78 is 27.9. The van der Waals surface area contributed by atoms with E-state index in [9.17, 15) is 13.2 Å². The maximum atomic E-state index is 12.8. The highest BCUT2D eigenvalue weighted by molar-refractivity contribution is 9.10. The third-order valence-corrected chi connectivity index (χ3v) is 6.92. The summed E-state index contributed by atoms with van der Waals surface area (Å²) in [7, 11) is -4.01. The predicted octanol–water partition coefficient (Wildman–Crippen LogP) is 3.70. The lowest BCUT2D eigenvalue weighted by Crippen LogP contribution is -2.48. The number of nitrogens with one attached hydrogen (secondary N) is 2. The van der Waals surface area contributed by atoms with Crippen molar-refractivity contribution in [1.82, 2.24) is 15.2 Å². The molecule has 0 radical (unpaired) electrons. The average molecular weight is 448 g/mol. The van der Waals surface area contributed by atoms with Crippen LogP contribution in [0.5, 0.6) is 0 Å². The molecule has 1 atom stereocenters. The minimum absolute atomic E-state index is 0.0178. The van der Waals surface area contributed by atoms with E-state index in [0.717, 1.165) is 24.1 Å². The molecule has 1 saturated carbocycles. The third-order valence-electron chi connectivity index (χ3n) is 4.59. The van der Waals surface area contributed by atoms with E-state index < -0.39 is 16.1 Å². The lowest BCUT2D eigenvalue weighted by atomic mass is 10.1. The fourth-order valence-electron chi connectivity index (χ4n) is 3.07. The highest BCUT2D eigenvalue weighted by Gasteiger charge is 2.38. The second-order valence-electron chi connectivity index (χ2n) is 6.57. The molecule has 2 N–H and O–H groups in total. The van der Waals surface area contributed by atoms with Crippen LogP contribution in [-0.4, -0.2) is 19.5 Å². The van der Waals surface area contributed by atoms with Gasteiger partial charge in [-0.1, -0.05) is 42.5 Å². The molecule has 2 aromatic carbocycles. The van der Waals surface area contributed by atoms with E-state index in [1.165, 1.54) is 11.1 Å². The zero-order valence-corrected chi connectivity index (χ0v) is 16.7. The smallest absolute Gasteiger partial charge is 0.298 e. The van der Waals surface area contributed by atoms with Crippen LogP contribution in [0.2, 0.25) is 0 Å². The van der Waals surface area contributed by atoms with E-state index in [-0.39, 0.29) is 10.9 Å². The maximum Gasteiger partial charge on any atom is 0.350 e. The van der Waals surface area contributed by atoms with E-state index in [1.807, 2.05) is 36.4 Å². The standard InChI is InChI=1S/C19H18BrN3O3S/c20-15-8-4-5-9-18(15)27(25,26)22-19(24)23-17(14-6-2-1-3-7-14)12-16(21-23)13-10-11-13/h1-9,12-13,17,21H,10-11H2,(H,22,24). The molecular formula is C19H18BrN3O3S. The van der Waals surface area contributed by atoms with E-state index in [4.69, 9.17) is 0 Å². The van der Waals surface area contributed by atoms with Gasteiger partial charge in [0, 0.05) is 16.1 Å². The summed E-state index contributed by atoms with van der Waals surface area (Å²) in [5.41, 5.74) is 4.98. The number of sulfonamides is 1. The van der Waals surface area contributed by atoms with Gasteiger partial charge < -0.3 is 0 Å². The first kappa shape index (κ1) is 18.1. The van der Waals surface area contributed by atoms with Crippen LogP contribution < -0.4 is 10.1 Å². The number of hydrogen-bond acceptors (Lipinski definition) is 4. The van der Waals surface area contributed by atoms with Crippen molar-refractivity contribution in [1.29, 1.82) is 0 Å². The Morgan fingerprint density at radius 2 is 1.74 bits per heavy atom. The first-order valence-corrected chi connectivity index (χ1v) is 10.9. The van der Waals surface area contributed by atoms with E-state index in [2.05, 4.69) is 26.1 Å². The molecule has 140 valence electrons. The predicted molar refractivity (Wildman–Crippen MR) is 105 cm³/mol. The van der Waals surface area contributed by atoms with Gasteiger partial charge in [0.1, 0.15) is 10.9 Å². The second kappa shape index (κ2) is 7.01. The number of nitrogens with zero attached hydrogens (tertiary/aromatic N) is 1. The topological polar surface area (TPSA) is 78.5 Å². The number of amides is 2. The molecule has 0 aromatic heterocycles. The lowest BCUT2D eigenvalue weighted by Gasteiger charge is -2.25. The van der Waals surface area contributed by atoms with Crippen LogP contribution in [0.3, 0.4) is 0 Å². The van der Waals surface area contributed by atoms with Gasteiger partial charge in [0.15, 0.2) is 0 Å². The van der Waals surface area contributed by atoms with Gasteiger partial charge in [-0.25, -0.2) is 22.9 Å². The molecule has 1 fully saturated rings. The molecule has 1 heterocycles. The number of carbonyl (C=O) groups excluding carboxylic acids is 1. The molecule has 2 aromatic rings. The minimum Gasteiger partial charge on any atom is -0.298 e. The van der Waals surface area contributed by atoms with Gasteiger partial charge in [0.2, 0.25) is 0 Å². The van der Waals surface area contributed by atoms with Crippen molar-refractivity contribution >= 4 is 32.0 Å². The molecule has 2 aliphatic rings. The first-order chi connectivity index (χ1) is 13.0. The summed E-state index contributed by atoms with van der Waals surface area (Å²) in [6, 6.07) is 14.8. The van der Waals surface area contributed by atoms with Crippen molar-refractivity contribution in [3.8, 4) is 0 Å². The van der Waals surface area contributed by atoms with Crippen LogP contribution >= 0.6 is 15.9 Å². The van der Waals surface area contributed by atoms with Crippen LogP contribution in [0.15, 0.2) is 75.7 Å². The Hall–Kier alpha value is -2.32. The SMILES string of the molecule is O=C(NS(=O)(=O)c1ccccc1Br)N1NC(C2CC2)=CC1c1ccccc1. The molecule has 4 rings (SSSR count). The molecule has 0 saturated heterocycles. The highest BCUT2D eigenvalue weighted by atomic mass is 79.9. The number of allylic oxidation sites excluding steroid dienone is 1. The number of urea groups is 1. The van der Waals surface area contributed by atoms with Crippen LogP contribution in [0.1, 0.15) is 24.4 Å². The summed E-state index contributed by atoms with van der Waals surface area (Å²) >= 11 is 3.22. The summed E-state index contributed by atoms with van der Waals surface area (Å²) in [6.45, 7) is 0. The Bertz CT molecular complexity index is 1000. The van der Waals surface area contributed by atoms with E-state index in [0.29, 0.717) is 10.4 Å². The van der Waals surface area contributed by atoms with Gasteiger partial charge in [-0.15, -0.1) is 0 Å². The van der Waals surface area contributed by atoms with E-state index in [1.54, 1.807) is 18.2 Å². The summed E-state index contributed by atoms with van der Waals surface area (Å²) in [4.78, 5) is 12.9. The van der Waals surface area contributed by atoms with Crippen LogP contribution in [0.25, 0.3) is 0 Å². The monoisotopic (exact) mass is 447 g/mol. The molecule has 1 aliphatic heterocycles. The molecule has 27 heavy (non-hydrogen) atoms. The number of hydrogen-bond donors (Lipinski definition) is 2. The number of hydrazine groups is 1. The Kier molecular flexibility index (Phi) is 4.69. The Morgan fingerprint density at radius 1 is 1.07 bits per heavy atom. The fourth-order valence-corrected chi connectivity index (χ4v) is 5.01. The molecule has 1 unspecified atom stereocenters. The molecule has 6 nitrogen and oxygen atoms in total. The van der Waals surface area contributed by atoms with Crippen LogP contribution in [-0.2, 0) is 10.0 Å². The van der Waals surface area contributed by atoms with Gasteiger partial charge in [0.25, 0.3) is 10.0 Å². The second-order valence-corrected chi connectivity index (χ2v) is 9.08. The van der Waals surface area contributed by atoms with Crippen molar-refractivity contribution < 1.29 is 13.2 Å². The molecular weight excluding hydrogens is 430 g/mol. The normalized spacial score (nSPS) is 19.4. The number of halogens is 1. The van der Waals surface area contributed by atoms with Gasteiger partial charge in [-0.2, -0.15) is 0 Å². The molecule has 0 spiro atoms. The van der Waals surface area contributed by atoms with Crippen molar-refractivity contribution in [2.24, 2.45) is 5.92 Å². The molecule has 1 aliphatic carbocycles. The maximum absolute atomic E-state index is 12.8. The van der Waals surface area contributed by atoms with Crippen molar-refractivity contribution in [2.75, 3.05) is 0 Å². The Labute approximate surface area is 166 Å². The van der Waals surface area contributed by atoms with Crippen LogP contribution in [0.4, 0.5) is 4.79 Å². The van der Waals surface area contributed by atoms with Crippen LogP contribution in [0, 0.1) is 5.92 Å². The van der Waals surface area contributed by atoms with Gasteiger partial charge in [0.05, 0.1) is 0 Å². The lowest BCUT2D eigenvalue weighted by molar-refractivity contribution is 0.178. The van der Waals surface area contributed by atoms with Crippen molar-refractivity contribution in [3.05, 3.63) is 76.4 Å². The zero-order chi connectivity index (χ0) is 19.0. The largest absolute Gasteiger partial charge is 0.350 e. The third kappa shape index (κ3) is 3.72. The van der Waals surface area contributed by atoms with Crippen molar-refractivity contribution in [3.63, 3.8) is 0 Å².